The van der Waals surface area contributed by atoms with Crippen molar-refractivity contribution in [3.8, 4) is 0 Å². The third-order valence-electron chi connectivity index (χ3n) is 7.34. The van der Waals surface area contributed by atoms with E-state index in [1.165, 1.54) is 77.6 Å². The van der Waals surface area contributed by atoms with Crippen molar-refractivity contribution in [3.63, 3.8) is 0 Å². The van der Waals surface area contributed by atoms with Crippen LogP contribution >= 0.6 is 24.0 Å². The van der Waals surface area contributed by atoms with Crippen LogP contribution in [-0.4, -0.2) is 8.07 Å². The molecule has 0 nitrogen and oxygen atoms in total. The van der Waals surface area contributed by atoms with E-state index < -0.39 is 8.07 Å². The minimum absolute atomic E-state index is 0.798. The monoisotopic (exact) mass is 496 g/mol. The van der Waals surface area contributed by atoms with Gasteiger partial charge in [0.05, 0.1) is 0 Å². The second-order valence-corrected chi connectivity index (χ2v) is 15.6. The molecule has 0 N–H and O–H groups in total. The summed E-state index contributed by atoms with van der Waals surface area (Å²) < 4.78 is 0. The molecule has 3 rings (SSSR count). The lowest BCUT2D eigenvalue weighted by Crippen LogP contribution is -2.59. The molecule has 0 radical (unpaired) electrons. The average molecular weight is 497 g/mol. The fourth-order valence-corrected chi connectivity index (χ4v) is 13.8. The van der Waals surface area contributed by atoms with Gasteiger partial charge >= 0.3 is 0 Å². The number of rotatable bonds is 13. The summed E-state index contributed by atoms with van der Waals surface area (Å²) >= 11 is 7.16. The van der Waals surface area contributed by atoms with Crippen molar-refractivity contribution in [2.45, 2.75) is 98.5 Å². The molecule has 0 aliphatic carbocycles. The normalized spacial score (nSPS) is 19.0. The van der Waals surface area contributed by atoms with Crippen LogP contribution in [0.3, 0.4) is 0 Å². The molecule has 2 unspecified atom stereocenters. The van der Waals surface area contributed by atoms with Crippen LogP contribution < -0.4 is 10.4 Å². The Kier molecular flexibility index (Phi) is 10.2. The third-order valence-corrected chi connectivity index (χ3v) is 14.6. The van der Waals surface area contributed by atoms with Gasteiger partial charge in [-0.2, -0.15) is 0 Å². The van der Waals surface area contributed by atoms with Gasteiger partial charge in [0.1, 0.15) is 0 Å². The van der Waals surface area contributed by atoms with Gasteiger partial charge in [-0.15, -0.1) is 24.0 Å². The van der Waals surface area contributed by atoms with E-state index in [1.54, 1.807) is 15.6 Å². The Morgan fingerprint density at radius 1 is 0.939 bits per heavy atom. The lowest BCUT2D eigenvalue weighted by Gasteiger charge is -2.35. The summed E-state index contributed by atoms with van der Waals surface area (Å²) in [5.74, 6) is 0.798. The molecular weight excluding hydrogens is 453 g/mol. The van der Waals surface area contributed by atoms with Gasteiger partial charge in [-0.05, 0) is 53.9 Å². The van der Waals surface area contributed by atoms with Crippen LogP contribution in [0.2, 0.25) is 6.04 Å². The highest BCUT2D eigenvalue weighted by Gasteiger charge is 2.49. The van der Waals surface area contributed by atoms with Gasteiger partial charge in [-0.3, -0.25) is 0 Å². The standard InChI is InChI=1S/C30H44S2Si/c1-6-9-12-13-15-25(14-10-7-2)22-33(26-19-17-23(4)18-20-26)27(16-11-8-3)29(31)30-28(33)21-24(5)32-30/h11,16-21,25,31H,6-10,12-15,22H2,1-5H3. The Labute approximate surface area is 214 Å². The van der Waals surface area contributed by atoms with E-state index >= 15 is 0 Å². The van der Waals surface area contributed by atoms with Gasteiger partial charge < -0.3 is 0 Å². The molecule has 180 valence electrons. The number of thiol groups is 1. The number of fused-ring (bicyclic) bond motifs is 1. The van der Waals surface area contributed by atoms with Crippen molar-refractivity contribution in [1.29, 1.82) is 0 Å². The topological polar surface area (TPSA) is 0 Å². The van der Waals surface area contributed by atoms with Crippen LogP contribution in [0.25, 0.3) is 4.91 Å². The second kappa shape index (κ2) is 12.6. The molecule has 1 aromatic heterocycles. The highest BCUT2D eigenvalue weighted by molar-refractivity contribution is 7.91. The molecule has 0 saturated heterocycles. The summed E-state index contributed by atoms with van der Waals surface area (Å²) in [6.45, 7) is 11.4. The zero-order chi connectivity index (χ0) is 23.8. The zero-order valence-electron chi connectivity index (χ0n) is 21.5. The highest BCUT2D eigenvalue weighted by Crippen LogP contribution is 2.44. The van der Waals surface area contributed by atoms with Crippen LogP contribution in [0.15, 0.2) is 47.7 Å². The molecule has 2 atom stereocenters. The van der Waals surface area contributed by atoms with Crippen LogP contribution in [0.1, 0.15) is 93.9 Å². The molecule has 0 bridgehead atoms. The molecule has 0 spiro atoms. The lowest BCUT2D eigenvalue weighted by molar-refractivity contribution is 0.442. The molecule has 2 heterocycles. The van der Waals surface area contributed by atoms with E-state index in [0.29, 0.717) is 0 Å². The van der Waals surface area contributed by atoms with Crippen LogP contribution in [0.5, 0.6) is 0 Å². The quantitative estimate of drug-likeness (QED) is 0.160. The molecule has 3 heteroatoms. The first-order valence-corrected chi connectivity index (χ1v) is 16.7. The number of aryl methyl sites for hydroxylation is 2. The minimum Gasteiger partial charge on any atom is -0.142 e. The number of hydrogen-bond donors (Lipinski definition) is 1. The summed E-state index contributed by atoms with van der Waals surface area (Å²) in [6, 6.07) is 13.4. The van der Waals surface area contributed by atoms with Crippen molar-refractivity contribution < 1.29 is 0 Å². The number of thiophene rings is 1. The largest absolute Gasteiger partial charge is 0.152 e. The summed E-state index contributed by atoms with van der Waals surface area (Å²) in [5, 5.41) is 4.79. The van der Waals surface area contributed by atoms with Crippen molar-refractivity contribution in [1.82, 2.24) is 0 Å². The first-order chi connectivity index (χ1) is 16.0. The predicted molar refractivity (Wildman–Crippen MR) is 157 cm³/mol. The molecule has 0 saturated carbocycles. The Hall–Kier alpha value is -1.03. The summed E-state index contributed by atoms with van der Waals surface area (Å²) in [4.78, 5) is 4.15. The molecule has 1 aliphatic heterocycles. The third kappa shape index (κ3) is 5.97. The molecule has 33 heavy (non-hydrogen) atoms. The van der Waals surface area contributed by atoms with Gasteiger partial charge in [0.25, 0.3) is 0 Å². The molecule has 2 aromatic rings. The Morgan fingerprint density at radius 2 is 1.64 bits per heavy atom. The first-order valence-electron chi connectivity index (χ1n) is 13.3. The van der Waals surface area contributed by atoms with Crippen LogP contribution in [0, 0.1) is 19.8 Å². The molecule has 1 aromatic carbocycles. The summed E-state index contributed by atoms with van der Waals surface area (Å²) in [6.07, 6.45) is 16.8. The SMILES string of the molecule is CCC=CC1=C(S)c2sc(C)cc2[Si]1(CC(CCCC)CCCCCC)c1ccc(C)cc1. The van der Waals surface area contributed by atoms with Crippen LogP contribution in [-0.2, 0) is 0 Å². The first kappa shape index (κ1) is 26.6. The number of hydrogen-bond acceptors (Lipinski definition) is 2. The fourth-order valence-electron chi connectivity index (χ4n) is 5.55. The summed E-state index contributed by atoms with van der Waals surface area (Å²) in [7, 11) is -2.12. The minimum atomic E-state index is -2.12. The Balaban J connectivity index is 2.12. The van der Waals surface area contributed by atoms with Crippen molar-refractivity contribution >= 4 is 47.3 Å². The maximum absolute atomic E-state index is 5.20. The molecule has 1 aliphatic rings. The van der Waals surface area contributed by atoms with Crippen molar-refractivity contribution in [3.05, 3.63) is 63.0 Å². The van der Waals surface area contributed by atoms with Gasteiger partial charge in [-0.1, -0.05) is 114 Å². The molecule has 0 amide bonds. The van der Waals surface area contributed by atoms with E-state index in [0.717, 1.165) is 12.3 Å². The van der Waals surface area contributed by atoms with E-state index in [2.05, 4.69) is 77.1 Å². The zero-order valence-corrected chi connectivity index (χ0v) is 24.3. The van der Waals surface area contributed by atoms with Gasteiger partial charge in [-0.25, -0.2) is 0 Å². The van der Waals surface area contributed by atoms with Crippen LogP contribution in [0.4, 0.5) is 0 Å². The Morgan fingerprint density at radius 3 is 2.30 bits per heavy atom. The number of benzene rings is 1. The van der Waals surface area contributed by atoms with Gasteiger partial charge in [0.15, 0.2) is 8.07 Å². The molecular formula is C30H44S2Si. The smallest absolute Gasteiger partial charge is 0.142 e. The van der Waals surface area contributed by atoms with E-state index in [-0.39, 0.29) is 0 Å². The van der Waals surface area contributed by atoms with E-state index in [4.69, 9.17) is 12.6 Å². The number of allylic oxidation sites excluding steroid dienone is 3. The van der Waals surface area contributed by atoms with Crippen molar-refractivity contribution in [2.75, 3.05) is 0 Å². The van der Waals surface area contributed by atoms with E-state index in [9.17, 15) is 0 Å². The fraction of sp³-hybridized carbons (Fsp3) is 0.533. The highest BCUT2D eigenvalue weighted by atomic mass is 32.1. The Bertz CT molecular complexity index is 950. The average Bonchev–Trinajstić information content (AvgIpc) is 3.29. The van der Waals surface area contributed by atoms with Gasteiger partial charge in [0.2, 0.25) is 0 Å². The maximum atomic E-state index is 5.20. The second-order valence-electron chi connectivity index (χ2n) is 10.0. The van der Waals surface area contributed by atoms with Crippen molar-refractivity contribution in [2.24, 2.45) is 5.92 Å². The maximum Gasteiger partial charge on any atom is 0.152 e. The molecule has 0 fully saturated rings. The van der Waals surface area contributed by atoms with Gasteiger partial charge in [0, 0.05) is 14.7 Å². The lowest BCUT2D eigenvalue weighted by atomic mass is 9.97. The number of unbranched alkanes of at least 4 members (excludes halogenated alkanes) is 4. The van der Waals surface area contributed by atoms with E-state index in [1.807, 2.05) is 11.3 Å². The predicted octanol–water partition coefficient (Wildman–Crippen LogP) is 8.86. The summed E-state index contributed by atoms with van der Waals surface area (Å²) in [5.41, 5.74) is 1.35.